The summed E-state index contributed by atoms with van der Waals surface area (Å²) in [6.45, 7) is -1.11. The summed E-state index contributed by atoms with van der Waals surface area (Å²) in [5.74, 6) is -1.42. The summed E-state index contributed by atoms with van der Waals surface area (Å²) >= 11 is 0. The van der Waals surface area contributed by atoms with Crippen LogP contribution in [-0.4, -0.2) is 43.7 Å². The van der Waals surface area contributed by atoms with Gasteiger partial charge in [0.05, 0.1) is 0 Å². The number of hydrazine groups is 1. The largest absolute Gasteiger partial charge is 0.485 e. The number of para-hydroxylation sites is 2. The van der Waals surface area contributed by atoms with Crippen molar-refractivity contribution in [3.8, 4) is 17.2 Å². The summed E-state index contributed by atoms with van der Waals surface area (Å²) < 4.78 is 33.5. The van der Waals surface area contributed by atoms with Crippen molar-refractivity contribution >= 4 is 17.8 Å². The summed E-state index contributed by atoms with van der Waals surface area (Å²) in [6.07, 6.45) is -0.947. The van der Waals surface area contributed by atoms with E-state index in [-0.39, 0.29) is 12.4 Å². The number of carbonyl (C=O) groups excluding carboxylic acids is 3. The molecule has 152 valence electrons. The predicted molar refractivity (Wildman–Crippen MR) is 95.5 cm³/mol. The second-order valence-electron chi connectivity index (χ2n) is 5.80. The molecule has 9 nitrogen and oxygen atoms in total. The maximum absolute atomic E-state index is 12.8. The van der Waals surface area contributed by atoms with Gasteiger partial charge in [0.15, 0.2) is 24.7 Å². The molecule has 2 aromatic carbocycles. The molecular weight excluding hydrogens is 387 g/mol. The quantitative estimate of drug-likeness (QED) is 0.539. The van der Waals surface area contributed by atoms with Crippen molar-refractivity contribution in [2.75, 3.05) is 19.8 Å². The van der Waals surface area contributed by atoms with Crippen LogP contribution in [0.25, 0.3) is 0 Å². The van der Waals surface area contributed by atoms with Gasteiger partial charge >= 0.3 is 5.97 Å². The molecule has 0 spiro atoms. The van der Waals surface area contributed by atoms with Gasteiger partial charge in [-0.3, -0.25) is 20.4 Å². The Labute approximate surface area is 164 Å². The average Bonchev–Trinajstić information content (AvgIpc) is 2.75. The fourth-order valence-corrected chi connectivity index (χ4v) is 2.26. The van der Waals surface area contributed by atoms with Gasteiger partial charge in [-0.15, -0.1) is 0 Å². The Morgan fingerprint density at radius 3 is 2.48 bits per heavy atom. The van der Waals surface area contributed by atoms with Crippen LogP contribution < -0.4 is 25.1 Å². The summed E-state index contributed by atoms with van der Waals surface area (Å²) in [5.41, 5.74) is 4.27. The van der Waals surface area contributed by atoms with Crippen LogP contribution in [0.2, 0.25) is 0 Å². The minimum Gasteiger partial charge on any atom is -0.485 e. The highest BCUT2D eigenvalue weighted by Gasteiger charge is 2.27. The summed E-state index contributed by atoms with van der Waals surface area (Å²) in [6, 6.07) is 11.9. The van der Waals surface area contributed by atoms with E-state index in [2.05, 4.69) is 10.9 Å². The van der Waals surface area contributed by atoms with Gasteiger partial charge in [-0.1, -0.05) is 12.1 Å². The Morgan fingerprint density at radius 1 is 1.00 bits per heavy atom. The Kier molecular flexibility index (Phi) is 6.46. The molecule has 3 rings (SSSR count). The number of carbonyl (C=O) groups is 3. The van der Waals surface area contributed by atoms with Crippen LogP contribution in [0, 0.1) is 5.82 Å². The van der Waals surface area contributed by atoms with Gasteiger partial charge in [0, 0.05) is 0 Å². The third kappa shape index (κ3) is 5.83. The monoisotopic (exact) mass is 404 g/mol. The Balaban J connectivity index is 1.34. The van der Waals surface area contributed by atoms with Gasteiger partial charge < -0.3 is 18.9 Å². The van der Waals surface area contributed by atoms with Crippen molar-refractivity contribution in [2.24, 2.45) is 0 Å². The Hall–Kier alpha value is -3.82. The number of hydrogen-bond acceptors (Lipinski definition) is 7. The van der Waals surface area contributed by atoms with Gasteiger partial charge in [0.25, 0.3) is 11.8 Å². The number of nitrogens with one attached hydrogen (secondary N) is 2. The smallest absolute Gasteiger partial charge is 0.344 e. The first-order valence-electron chi connectivity index (χ1n) is 8.52. The van der Waals surface area contributed by atoms with E-state index in [1.807, 2.05) is 0 Å². The van der Waals surface area contributed by atoms with Crippen LogP contribution >= 0.6 is 0 Å². The highest BCUT2D eigenvalue weighted by Crippen LogP contribution is 2.30. The minimum atomic E-state index is -0.947. The first kappa shape index (κ1) is 19.9. The lowest BCUT2D eigenvalue weighted by molar-refractivity contribution is -0.151. The lowest BCUT2D eigenvalue weighted by Crippen LogP contribution is -2.51. The van der Waals surface area contributed by atoms with Crippen LogP contribution in [0.15, 0.2) is 48.5 Å². The van der Waals surface area contributed by atoms with Crippen LogP contribution in [0.1, 0.15) is 0 Å². The molecule has 1 aliphatic heterocycles. The Bertz CT molecular complexity index is 888. The number of rotatable bonds is 6. The summed E-state index contributed by atoms with van der Waals surface area (Å²) in [5, 5.41) is 0. The first-order chi connectivity index (χ1) is 14.0. The molecule has 2 N–H and O–H groups in total. The number of ether oxygens (including phenoxy) is 4. The van der Waals surface area contributed by atoms with Crippen LogP contribution in [0.3, 0.4) is 0 Å². The van der Waals surface area contributed by atoms with Crippen LogP contribution in [0.4, 0.5) is 4.39 Å². The minimum absolute atomic E-state index is 0.0194. The van der Waals surface area contributed by atoms with Crippen molar-refractivity contribution < 1.29 is 37.7 Å². The molecular formula is C19H17FN2O7. The summed E-state index contributed by atoms with van der Waals surface area (Å²) in [7, 11) is 0. The molecule has 2 amide bonds. The number of fused-ring (bicyclic) bond motifs is 1. The summed E-state index contributed by atoms with van der Waals surface area (Å²) in [4.78, 5) is 35.3. The second kappa shape index (κ2) is 9.40. The molecule has 0 fully saturated rings. The molecule has 29 heavy (non-hydrogen) atoms. The zero-order valence-electron chi connectivity index (χ0n) is 15.1. The Morgan fingerprint density at radius 2 is 1.72 bits per heavy atom. The molecule has 0 saturated heterocycles. The predicted octanol–water partition coefficient (Wildman–Crippen LogP) is 0.735. The fraction of sp³-hybridized carbons (Fsp3) is 0.211. The number of hydrogen-bond donors (Lipinski definition) is 2. The lowest BCUT2D eigenvalue weighted by Gasteiger charge is -2.25. The van der Waals surface area contributed by atoms with E-state index < -0.39 is 42.9 Å². The molecule has 0 saturated carbocycles. The van der Waals surface area contributed by atoms with Gasteiger partial charge in [-0.2, -0.15) is 0 Å². The molecule has 0 unspecified atom stereocenters. The van der Waals surface area contributed by atoms with Gasteiger partial charge in [0.2, 0.25) is 6.10 Å². The zero-order valence-corrected chi connectivity index (χ0v) is 15.1. The van der Waals surface area contributed by atoms with E-state index in [1.165, 1.54) is 24.3 Å². The van der Waals surface area contributed by atoms with Crippen LogP contribution in [-0.2, 0) is 19.1 Å². The SMILES string of the molecule is O=C(COC(=O)COc1ccc(F)cc1)NNC(=O)[C@H]1COc2ccccc2O1. The van der Waals surface area contributed by atoms with Crippen molar-refractivity contribution in [3.63, 3.8) is 0 Å². The van der Waals surface area contributed by atoms with Crippen molar-refractivity contribution in [3.05, 3.63) is 54.3 Å². The number of halogens is 1. The molecule has 10 heteroatoms. The van der Waals surface area contributed by atoms with Crippen molar-refractivity contribution in [2.45, 2.75) is 6.10 Å². The van der Waals surface area contributed by atoms with Crippen LogP contribution in [0.5, 0.6) is 17.2 Å². The van der Waals surface area contributed by atoms with Gasteiger partial charge in [0.1, 0.15) is 18.2 Å². The highest BCUT2D eigenvalue weighted by molar-refractivity contribution is 5.86. The fourth-order valence-electron chi connectivity index (χ4n) is 2.26. The molecule has 0 aliphatic carbocycles. The standard InChI is InChI=1S/C19H17FN2O7/c20-12-5-7-13(8-6-12)26-11-18(24)28-10-17(23)21-22-19(25)16-9-27-14-3-1-2-4-15(14)29-16/h1-8,16H,9-11H2,(H,21,23)(H,22,25)/t16-/m1/s1. The molecule has 1 heterocycles. The van der Waals surface area contributed by atoms with E-state index in [9.17, 15) is 18.8 Å². The van der Waals surface area contributed by atoms with E-state index in [4.69, 9.17) is 18.9 Å². The van der Waals surface area contributed by atoms with Crippen molar-refractivity contribution in [1.29, 1.82) is 0 Å². The lowest BCUT2D eigenvalue weighted by atomic mass is 10.2. The molecule has 0 radical (unpaired) electrons. The van der Waals surface area contributed by atoms with E-state index in [1.54, 1.807) is 24.3 Å². The molecule has 2 aromatic rings. The third-order valence-electron chi connectivity index (χ3n) is 3.66. The molecule has 1 aliphatic rings. The normalized spacial score (nSPS) is 14.4. The molecule has 1 atom stereocenters. The molecule has 0 aromatic heterocycles. The van der Waals surface area contributed by atoms with Gasteiger partial charge in [-0.05, 0) is 36.4 Å². The number of benzene rings is 2. The first-order valence-corrected chi connectivity index (χ1v) is 8.52. The highest BCUT2D eigenvalue weighted by atomic mass is 19.1. The van der Waals surface area contributed by atoms with E-state index in [0.29, 0.717) is 11.5 Å². The van der Waals surface area contributed by atoms with Gasteiger partial charge in [-0.25, -0.2) is 9.18 Å². The third-order valence-corrected chi connectivity index (χ3v) is 3.66. The van der Waals surface area contributed by atoms with Crippen molar-refractivity contribution in [1.82, 2.24) is 10.9 Å². The molecule has 0 bridgehead atoms. The topological polar surface area (TPSA) is 112 Å². The average molecular weight is 404 g/mol. The van der Waals surface area contributed by atoms with E-state index >= 15 is 0 Å². The van der Waals surface area contributed by atoms with E-state index in [0.717, 1.165) is 0 Å². The zero-order chi connectivity index (χ0) is 20.6. The second-order valence-corrected chi connectivity index (χ2v) is 5.80. The maximum atomic E-state index is 12.8. The number of esters is 1. The maximum Gasteiger partial charge on any atom is 0.344 e. The number of amides is 2.